The first-order chi connectivity index (χ1) is 12.6. The largest absolute Gasteiger partial charge is 0.481 e. The molecule has 1 aliphatic rings. The zero-order valence-electron chi connectivity index (χ0n) is 15.2. The third kappa shape index (κ3) is 4.07. The Morgan fingerprint density at radius 2 is 1.65 bits per heavy atom. The monoisotopic (exact) mass is 356 g/mol. The lowest BCUT2D eigenvalue weighted by atomic mass is 10.1. The van der Waals surface area contributed by atoms with Crippen LogP contribution in [0.1, 0.15) is 13.8 Å². The van der Waals surface area contributed by atoms with Crippen LogP contribution in [-0.2, 0) is 9.53 Å². The Morgan fingerprint density at radius 3 is 2.35 bits per heavy atom. The summed E-state index contributed by atoms with van der Waals surface area (Å²) in [5, 5.41) is 2.21. The maximum absolute atomic E-state index is 12.6. The molecule has 0 saturated carbocycles. The Kier molecular flexibility index (Phi) is 5.61. The molecular weight excluding hydrogens is 332 g/mol. The van der Waals surface area contributed by atoms with Gasteiger partial charge in [0.25, 0.3) is 5.91 Å². The molecule has 2 amide bonds. The Labute approximate surface area is 153 Å². The van der Waals surface area contributed by atoms with E-state index in [1.807, 2.05) is 42.5 Å². The number of piperazine rings is 1. The van der Waals surface area contributed by atoms with Crippen LogP contribution in [0, 0.1) is 0 Å². The number of carbonyl (C=O) groups is 2. The van der Waals surface area contributed by atoms with Gasteiger partial charge in [-0.3, -0.25) is 4.79 Å². The van der Waals surface area contributed by atoms with E-state index in [9.17, 15) is 9.59 Å². The summed E-state index contributed by atoms with van der Waals surface area (Å²) in [4.78, 5) is 27.7. The lowest BCUT2D eigenvalue weighted by Crippen LogP contribution is -2.53. The summed E-state index contributed by atoms with van der Waals surface area (Å²) < 4.78 is 10.9. The summed E-state index contributed by atoms with van der Waals surface area (Å²) >= 11 is 0. The van der Waals surface area contributed by atoms with E-state index in [2.05, 4.69) is 0 Å². The number of hydrogen-bond donors (Lipinski definition) is 0. The van der Waals surface area contributed by atoms with Gasteiger partial charge in [0.2, 0.25) is 0 Å². The molecule has 0 unspecified atom stereocenters. The van der Waals surface area contributed by atoms with Gasteiger partial charge in [-0.05, 0) is 36.8 Å². The molecule has 2 aromatic rings. The summed E-state index contributed by atoms with van der Waals surface area (Å²) in [7, 11) is 0. The molecule has 3 rings (SSSR count). The van der Waals surface area contributed by atoms with Crippen LogP contribution >= 0.6 is 0 Å². The Balaban J connectivity index is 1.57. The second-order valence-electron chi connectivity index (χ2n) is 6.28. The van der Waals surface area contributed by atoms with Gasteiger partial charge in [-0.1, -0.05) is 30.3 Å². The third-order valence-electron chi connectivity index (χ3n) is 4.50. The summed E-state index contributed by atoms with van der Waals surface area (Å²) in [5.74, 6) is 0.608. The van der Waals surface area contributed by atoms with E-state index in [0.29, 0.717) is 38.5 Å². The average molecular weight is 356 g/mol. The van der Waals surface area contributed by atoms with Crippen molar-refractivity contribution in [1.29, 1.82) is 0 Å². The number of ether oxygens (including phenoxy) is 2. The molecule has 0 radical (unpaired) electrons. The summed E-state index contributed by atoms with van der Waals surface area (Å²) in [6.07, 6.45) is -0.898. The predicted molar refractivity (Wildman–Crippen MR) is 99.2 cm³/mol. The fourth-order valence-corrected chi connectivity index (χ4v) is 3.08. The Hall–Kier alpha value is -2.76. The smallest absolute Gasteiger partial charge is 0.409 e. The minimum absolute atomic E-state index is 0.0679. The van der Waals surface area contributed by atoms with Crippen molar-refractivity contribution in [1.82, 2.24) is 9.80 Å². The number of hydrogen-bond acceptors (Lipinski definition) is 4. The van der Waals surface area contributed by atoms with Crippen LogP contribution in [-0.4, -0.2) is 60.7 Å². The maximum atomic E-state index is 12.6. The molecule has 2 aromatic carbocycles. The highest BCUT2D eigenvalue weighted by Gasteiger charge is 2.28. The van der Waals surface area contributed by atoms with Gasteiger partial charge in [0.1, 0.15) is 5.75 Å². The van der Waals surface area contributed by atoms with E-state index in [0.717, 1.165) is 10.8 Å². The van der Waals surface area contributed by atoms with Crippen molar-refractivity contribution in [3.05, 3.63) is 42.5 Å². The van der Waals surface area contributed by atoms with Gasteiger partial charge in [0.15, 0.2) is 6.10 Å². The van der Waals surface area contributed by atoms with E-state index < -0.39 is 6.10 Å². The Bertz CT molecular complexity index is 784. The molecule has 1 fully saturated rings. The summed E-state index contributed by atoms with van der Waals surface area (Å²) in [6, 6.07) is 13.8. The van der Waals surface area contributed by atoms with Crippen LogP contribution < -0.4 is 4.74 Å². The molecule has 0 aromatic heterocycles. The molecular formula is C20H24N2O4. The number of fused-ring (bicyclic) bond motifs is 1. The van der Waals surface area contributed by atoms with Crippen molar-refractivity contribution >= 4 is 22.8 Å². The van der Waals surface area contributed by atoms with Gasteiger partial charge in [-0.15, -0.1) is 0 Å². The van der Waals surface area contributed by atoms with Crippen LogP contribution in [0.2, 0.25) is 0 Å². The summed E-state index contributed by atoms with van der Waals surface area (Å²) in [6.45, 7) is 5.83. The molecule has 0 N–H and O–H groups in total. The van der Waals surface area contributed by atoms with Gasteiger partial charge in [0.05, 0.1) is 6.61 Å². The second kappa shape index (κ2) is 8.08. The van der Waals surface area contributed by atoms with Gasteiger partial charge >= 0.3 is 6.09 Å². The maximum Gasteiger partial charge on any atom is 0.409 e. The average Bonchev–Trinajstić information content (AvgIpc) is 2.67. The quantitative estimate of drug-likeness (QED) is 0.845. The summed E-state index contributed by atoms with van der Waals surface area (Å²) in [5.41, 5.74) is 0. The number of amides is 2. The number of benzene rings is 2. The molecule has 6 heteroatoms. The topological polar surface area (TPSA) is 59.1 Å². The normalized spacial score (nSPS) is 15.6. The molecule has 1 aliphatic heterocycles. The van der Waals surface area contributed by atoms with Crippen molar-refractivity contribution in [2.45, 2.75) is 20.0 Å². The van der Waals surface area contributed by atoms with E-state index in [4.69, 9.17) is 9.47 Å². The molecule has 0 aliphatic carbocycles. The molecule has 1 saturated heterocycles. The first-order valence-electron chi connectivity index (χ1n) is 8.94. The lowest BCUT2D eigenvalue weighted by molar-refractivity contribution is -0.139. The van der Waals surface area contributed by atoms with Gasteiger partial charge < -0.3 is 19.3 Å². The van der Waals surface area contributed by atoms with Crippen molar-refractivity contribution in [3.8, 4) is 5.75 Å². The highest BCUT2D eigenvalue weighted by atomic mass is 16.6. The van der Waals surface area contributed by atoms with Gasteiger partial charge in [0, 0.05) is 26.2 Å². The lowest BCUT2D eigenvalue weighted by Gasteiger charge is -2.35. The van der Waals surface area contributed by atoms with Gasteiger partial charge in [-0.25, -0.2) is 4.79 Å². The van der Waals surface area contributed by atoms with Crippen LogP contribution in [0.4, 0.5) is 4.79 Å². The second-order valence-corrected chi connectivity index (χ2v) is 6.28. The van der Waals surface area contributed by atoms with E-state index in [1.165, 1.54) is 0 Å². The number of nitrogens with zero attached hydrogens (tertiary/aromatic N) is 2. The first kappa shape index (κ1) is 18.0. The van der Waals surface area contributed by atoms with Crippen LogP contribution in [0.15, 0.2) is 42.5 Å². The van der Waals surface area contributed by atoms with E-state index in [1.54, 1.807) is 23.6 Å². The minimum Gasteiger partial charge on any atom is -0.481 e. The molecule has 0 bridgehead atoms. The van der Waals surface area contributed by atoms with Crippen LogP contribution in [0.5, 0.6) is 5.75 Å². The molecule has 1 atom stereocenters. The zero-order chi connectivity index (χ0) is 18.5. The number of rotatable bonds is 4. The number of carbonyl (C=O) groups excluding carboxylic acids is 2. The standard InChI is InChI=1S/C20H24N2O4/c1-3-25-20(24)22-12-10-21(11-13-22)19(23)15(2)26-18-9-8-16-6-4-5-7-17(16)14-18/h4-9,14-15H,3,10-13H2,1-2H3/t15-/m0/s1. The molecule has 6 nitrogen and oxygen atoms in total. The molecule has 26 heavy (non-hydrogen) atoms. The highest BCUT2D eigenvalue weighted by Crippen LogP contribution is 2.22. The zero-order valence-corrected chi connectivity index (χ0v) is 15.2. The third-order valence-corrected chi connectivity index (χ3v) is 4.50. The van der Waals surface area contributed by atoms with E-state index in [-0.39, 0.29) is 12.0 Å². The van der Waals surface area contributed by atoms with Crippen molar-refractivity contribution in [2.24, 2.45) is 0 Å². The fourth-order valence-electron chi connectivity index (χ4n) is 3.08. The predicted octanol–water partition coefficient (Wildman–Crippen LogP) is 2.91. The van der Waals surface area contributed by atoms with Crippen molar-refractivity contribution in [2.75, 3.05) is 32.8 Å². The van der Waals surface area contributed by atoms with Gasteiger partial charge in [-0.2, -0.15) is 0 Å². The molecule has 1 heterocycles. The highest BCUT2D eigenvalue weighted by molar-refractivity contribution is 5.84. The van der Waals surface area contributed by atoms with Crippen LogP contribution in [0.25, 0.3) is 10.8 Å². The van der Waals surface area contributed by atoms with Crippen LogP contribution in [0.3, 0.4) is 0 Å². The van der Waals surface area contributed by atoms with E-state index >= 15 is 0 Å². The van der Waals surface area contributed by atoms with Crippen molar-refractivity contribution in [3.63, 3.8) is 0 Å². The first-order valence-corrected chi connectivity index (χ1v) is 8.94. The fraction of sp³-hybridized carbons (Fsp3) is 0.400. The minimum atomic E-state index is -0.578. The molecule has 138 valence electrons. The molecule has 0 spiro atoms. The van der Waals surface area contributed by atoms with Crippen molar-refractivity contribution < 1.29 is 19.1 Å². The SMILES string of the molecule is CCOC(=O)N1CCN(C(=O)[C@H](C)Oc2ccc3ccccc3c2)CC1. The Morgan fingerprint density at radius 1 is 1.00 bits per heavy atom.